The first kappa shape index (κ1) is 11.9. The van der Waals surface area contributed by atoms with Gasteiger partial charge in [0, 0.05) is 14.2 Å². The Balaban J connectivity index is 2.89. The predicted octanol–water partition coefficient (Wildman–Crippen LogP) is 0.388. The van der Waals surface area contributed by atoms with Gasteiger partial charge in [0.25, 0.3) is 0 Å². The van der Waals surface area contributed by atoms with E-state index in [1.165, 1.54) is 0 Å². The zero-order chi connectivity index (χ0) is 11.4. The second kappa shape index (κ2) is 5.09. The van der Waals surface area contributed by atoms with Crippen molar-refractivity contribution >= 4 is 17.2 Å². The second-order valence-corrected chi connectivity index (χ2v) is 3.53. The number of aryl methyl sites for hydroxylation is 2. The predicted molar refractivity (Wildman–Crippen MR) is 61.2 cm³/mol. The molecule has 0 saturated heterocycles. The Bertz CT molecular complexity index is 362. The number of hydrogen-bond acceptors (Lipinski definition) is 4. The molecule has 0 aliphatic carbocycles. The molecule has 1 rings (SSSR count). The van der Waals surface area contributed by atoms with Gasteiger partial charge in [-0.3, -0.25) is 0 Å². The smallest absolute Gasteiger partial charge is 0.222 e. The van der Waals surface area contributed by atoms with Crippen molar-refractivity contribution in [2.24, 2.45) is 12.8 Å². The van der Waals surface area contributed by atoms with Crippen molar-refractivity contribution in [2.45, 2.75) is 6.92 Å². The van der Waals surface area contributed by atoms with E-state index in [1.807, 2.05) is 6.92 Å². The van der Waals surface area contributed by atoms with Crippen molar-refractivity contribution < 1.29 is 9.47 Å². The minimum absolute atomic E-state index is 0.299. The molecule has 0 aliphatic heterocycles. The Labute approximate surface area is 94.2 Å². The van der Waals surface area contributed by atoms with Crippen LogP contribution in [0, 0.1) is 6.92 Å². The van der Waals surface area contributed by atoms with Crippen LogP contribution in [0.15, 0.2) is 0 Å². The van der Waals surface area contributed by atoms with Crippen LogP contribution in [0.25, 0.3) is 0 Å². The molecular formula is C9H15N3O2S. The maximum atomic E-state index is 5.60. The molecule has 0 aliphatic rings. The largest absolute Gasteiger partial charge is 0.475 e. The molecule has 0 atom stereocenters. The van der Waals surface area contributed by atoms with Crippen LogP contribution >= 0.6 is 12.2 Å². The normalized spacial score (nSPS) is 10.3. The van der Waals surface area contributed by atoms with Crippen molar-refractivity contribution in [3.05, 3.63) is 11.3 Å². The van der Waals surface area contributed by atoms with Gasteiger partial charge in [0.1, 0.15) is 11.6 Å². The summed E-state index contributed by atoms with van der Waals surface area (Å²) in [5.41, 5.74) is 7.07. The number of ether oxygens (including phenoxy) is 2. The zero-order valence-corrected chi connectivity index (χ0v) is 9.93. The van der Waals surface area contributed by atoms with Crippen LogP contribution in [0.1, 0.15) is 11.3 Å². The van der Waals surface area contributed by atoms with Crippen LogP contribution in [-0.2, 0) is 11.8 Å². The first-order valence-electron chi connectivity index (χ1n) is 4.53. The van der Waals surface area contributed by atoms with Crippen molar-refractivity contribution in [2.75, 3.05) is 20.3 Å². The highest BCUT2D eigenvalue weighted by Crippen LogP contribution is 2.20. The summed E-state index contributed by atoms with van der Waals surface area (Å²) in [5.74, 6) is 0.594. The fraction of sp³-hybridized carbons (Fsp3) is 0.556. The SMILES string of the molecule is COCCOc1c(C(N)=S)c(C)nn1C. The number of rotatable bonds is 5. The lowest BCUT2D eigenvalue weighted by molar-refractivity contribution is 0.141. The lowest BCUT2D eigenvalue weighted by Crippen LogP contribution is -2.14. The van der Waals surface area contributed by atoms with Gasteiger partial charge in [-0.15, -0.1) is 0 Å². The highest BCUT2D eigenvalue weighted by atomic mass is 32.1. The van der Waals surface area contributed by atoms with Crippen molar-refractivity contribution in [3.63, 3.8) is 0 Å². The molecule has 1 aromatic rings. The third-order valence-corrected chi connectivity index (χ3v) is 2.15. The van der Waals surface area contributed by atoms with Crippen LogP contribution < -0.4 is 10.5 Å². The third kappa shape index (κ3) is 2.66. The third-order valence-electron chi connectivity index (χ3n) is 1.94. The molecular weight excluding hydrogens is 214 g/mol. The Morgan fingerprint density at radius 1 is 1.53 bits per heavy atom. The summed E-state index contributed by atoms with van der Waals surface area (Å²) < 4.78 is 12.0. The fourth-order valence-electron chi connectivity index (χ4n) is 1.31. The van der Waals surface area contributed by atoms with Crippen LogP contribution in [-0.4, -0.2) is 35.1 Å². The standard InChI is InChI=1S/C9H15N3O2S/c1-6-7(8(10)15)9(12(2)11-6)14-5-4-13-3/h4-5H2,1-3H3,(H2,10,15). The van der Waals surface area contributed by atoms with E-state index in [9.17, 15) is 0 Å². The van der Waals surface area contributed by atoms with Gasteiger partial charge in [-0.25, -0.2) is 4.68 Å². The van der Waals surface area contributed by atoms with E-state index in [2.05, 4.69) is 5.10 Å². The number of methoxy groups -OCH3 is 1. The molecule has 15 heavy (non-hydrogen) atoms. The average molecular weight is 229 g/mol. The molecule has 0 bridgehead atoms. The average Bonchev–Trinajstić information content (AvgIpc) is 2.42. The Kier molecular flexibility index (Phi) is 4.05. The molecule has 0 amide bonds. The highest BCUT2D eigenvalue weighted by molar-refractivity contribution is 7.80. The van der Waals surface area contributed by atoms with Crippen molar-refractivity contribution in [1.82, 2.24) is 9.78 Å². The van der Waals surface area contributed by atoms with Crippen molar-refractivity contribution in [3.8, 4) is 5.88 Å². The summed E-state index contributed by atoms with van der Waals surface area (Å²) in [6.45, 7) is 2.81. The number of nitrogens with zero attached hydrogens (tertiary/aromatic N) is 2. The van der Waals surface area contributed by atoms with Gasteiger partial charge in [-0.1, -0.05) is 12.2 Å². The minimum atomic E-state index is 0.299. The molecule has 84 valence electrons. The summed E-state index contributed by atoms with van der Waals surface area (Å²) in [6.07, 6.45) is 0. The fourth-order valence-corrected chi connectivity index (χ4v) is 1.54. The van der Waals surface area contributed by atoms with Gasteiger partial charge >= 0.3 is 0 Å². The first-order valence-corrected chi connectivity index (χ1v) is 4.94. The molecule has 1 heterocycles. The summed E-state index contributed by atoms with van der Waals surface area (Å²) in [5, 5.41) is 4.19. The van der Waals surface area contributed by atoms with Gasteiger partial charge in [-0.05, 0) is 6.92 Å². The second-order valence-electron chi connectivity index (χ2n) is 3.09. The van der Waals surface area contributed by atoms with Gasteiger partial charge in [-0.2, -0.15) is 5.10 Å². The molecule has 6 heteroatoms. The van der Waals surface area contributed by atoms with E-state index in [0.717, 1.165) is 5.69 Å². The highest BCUT2D eigenvalue weighted by Gasteiger charge is 2.16. The lowest BCUT2D eigenvalue weighted by atomic mass is 10.2. The lowest BCUT2D eigenvalue weighted by Gasteiger charge is -2.07. The molecule has 0 aromatic carbocycles. The van der Waals surface area contributed by atoms with E-state index in [0.29, 0.717) is 29.6 Å². The summed E-state index contributed by atoms with van der Waals surface area (Å²) in [4.78, 5) is 0.299. The summed E-state index contributed by atoms with van der Waals surface area (Å²) in [7, 11) is 3.41. The molecule has 1 aromatic heterocycles. The molecule has 2 N–H and O–H groups in total. The summed E-state index contributed by atoms with van der Waals surface area (Å²) in [6, 6.07) is 0. The van der Waals surface area contributed by atoms with E-state index >= 15 is 0 Å². The Morgan fingerprint density at radius 2 is 2.20 bits per heavy atom. The molecule has 0 saturated carbocycles. The number of hydrogen-bond donors (Lipinski definition) is 1. The quantitative estimate of drug-likeness (QED) is 0.584. The van der Waals surface area contributed by atoms with E-state index in [1.54, 1.807) is 18.8 Å². The molecule has 0 unspecified atom stereocenters. The zero-order valence-electron chi connectivity index (χ0n) is 9.11. The number of thiocarbonyl (C=S) groups is 1. The van der Waals surface area contributed by atoms with Crippen LogP contribution in [0.2, 0.25) is 0 Å². The van der Waals surface area contributed by atoms with Gasteiger partial charge in [0.2, 0.25) is 5.88 Å². The van der Waals surface area contributed by atoms with Crippen LogP contribution in [0.3, 0.4) is 0 Å². The van der Waals surface area contributed by atoms with E-state index in [4.69, 9.17) is 27.4 Å². The topological polar surface area (TPSA) is 62.3 Å². The van der Waals surface area contributed by atoms with Crippen LogP contribution in [0.5, 0.6) is 5.88 Å². The van der Waals surface area contributed by atoms with Gasteiger partial charge in [0.15, 0.2) is 0 Å². The Morgan fingerprint density at radius 3 is 2.73 bits per heavy atom. The minimum Gasteiger partial charge on any atom is -0.475 e. The first-order chi connectivity index (χ1) is 7.07. The van der Waals surface area contributed by atoms with Crippen LogP contribution in [0.4, 0.5) is 0 Å². The summed E-state index contributed by atoms with van der Waals surface area (Å²) >= 11 is 4.94. The maximum Gasteiger partial charge on any atom is 0.222 e. The molecule has 5 nitrogen and oxygen atoms in total. The van der Waals surface area contributed by atoms with Crippen molar-refractivity contribution in [1.29, 1.82) is 0 Å². The molecule has 0 spiro atoms. The monoisotopic (exact) mass is 229 g/mol. The van der Waals surface area contributed by atoms with E-state index in [-0.39, 0.29) is 0 Å². The molecule has 0 radical (unpaired) electrons. The maximum absolute atomic E-state index is 5.60. The van der Waals surface area contributed by atoms with E-state index < -0.39 is 0 Å². The Hall–Kier alpha value is -1.14. The van der Waals surface area contributed by atoms with Gasteiger partial charge in [0.05, 0.1) is 17.9 Å². The number of aromatic nitrogens is 2. The van der Waals surface area contributed by atoms with Gasteiger partial charge < -0.3 is 15.2 Å². The number of nitrogens with two attached hydrogens (primary N) is 1. The molecule has 0 fully saturated rings.